The van der Waals surface area contributed by atoms with Crippen molar-refractivity contribution in [3.05, 3.63) is 65.0 Å². The number of phenolic OH excluding ortho intramolecular Hbond substituents is 1. The van der Waals surface area contributed by atoms with E-state index in [4.69, 9.17) is 5.73 Å². The summed E-state index contributed by atoms with van der Waals surface area (Å²) in [6.45, 7) is 11.6. The van der Waals surface area contributed by atoms with E-state index in [1.807, 2.05) is 40.7 Å². The Kier molecular flexibility index (Phi) is 11.3. The van der Waals surface area contributed by atoms with Gasteiger partial charge in [-0.15, -0.1) is 0 Å². The number of aromatic hydroxyl groups is 1. The van der Waals surface area contributed by atoms with E-state index in [9.17, 15) is 23.9 Å². The lowest BCUT2D eigenvalue weighted by molar-refractivity contribution is -0.150. The summed E-state index contributed by atoms with van der Waals surface area (Å²) < 4.78 is 13.4. The minimum absolute atomic E-state index is 0.162. The number of carbonyl (C=O) groups is 3. The second-order valence-corrected chi connectivity index (χ2v) is 11.7. The molecular weight excluding hydrogens is 511 g/mol. The standard InChI is InChI=1S/C31H45FN4O4/c1-9-36(25(28(33)38)18-21-12-15-26(37)23(16-21)31(4,5)6)30(40)27(19(2)3)35(8)29(39)24(34-7)17-20-10-13-22(32)14-11-20/h10-16,19,24-25,27,34,37H,9,17-18H2,1-8H3,(H2,33,38). The molecule has 40 heavy (non-hydrogen) atoms. The van der Waals surface area contributed by atoms with E-state index in [0.29, 0.717) is 6.42 Å². The SMILES string of the molecule is CCN(C(=O)C(C(C)C)N(C)C(=O)C(Cc1ccc(F)cc1)NC)C(Cc1ccc(O)c(C(C)(C)C)c1)C(N)=O. The molecular formula is C31H45FN4O4. The molecule has 8 nitrogen and oxygen atoms in total. The zero-order chi connectivity index (χ0) is 30.4. The number of hydrogen-bond donors (Lipinski definition) is 3. The molecule has 0 aromatic heterocycles. The van der Waals surface area contributed by atoms with Gasteiger partial charge >= 0.3 is 0 Å². The smallest absolute Gasteiger partial charge is 0.246 e. The summed E-state index contributed by atoms with van der Waals surface area (Å²) in [7, 11) is 3.25. The number of rotatable bonds is 12. The van der Waals surface area contributed by atoms with Crippen LogP contribution in [0.1, 0.15) is 58.2 Å². The molecule has 0 fully saturated rings. The van der Waals surface area contributed by atoms with Gasteiger partial charge in [-0.05, 0) is 66.6 Å². The maximum Gasteiger partial charge on any atom is 0.246 e. The van der Waals surface area contributed by atoms with Gasteiger partial charge in [0.1, 0.15) is 23.7 Å². The normalized spacial score (nSPS) is 13.9. The molecule has 0 radical (unpaired) electrons. The minimum Gasteiger partial charge on any atom is -0.508 e. The number of phenols is 1. The van der Waals surface area contributed by atoms with Gasteiger partial charge in [0.05, 0.1) is 6.04 Å². The Hall–Kier alpha value is -3.46. The first kappa shape index (κ1) is 32.8. The van der Waals surface area contributed by atoms with E-state index in [1.54, 1.807) is 45.3 Å². The molecule has 9 heteroatoms. The van der Waals surface area contributed by atoms with Gasteiger partial charge in [-0.1, -0.05) is 58.9 Å². The van der Waals surface area contributed by atoms with Crippen molar-refractivity contribution in [2.45, 2.75) is 77.9 Å². The van der Waals surface area contributed by atoms with Crippen LogP contribution in [-0.4, -0.2) is 71.4 Å². The molecule has 3 unspecified atom stereocenters. The second-order valence-electron chi connectivity index (χ2n) is 11.7. The molecule has 4 N–H and O–H groups in total. The molecule has 0 bridgehead atoms. The number of nitrogens with one attached hydrogen (secondary N) is 1. The topological polar surface area (TPSA) is 116 Å². The van der Waals surface area contributed by atoms with E-state index in [1.165, 1.54) is 21.9 Å². The van der Waals surface area contributed by atoms with E-state index in [2.05, 4.69) is 5.32 Å². The minimum atomic E-state index is -0.945. The molecule has 0 saturated heterocycles. The van der Waals surface area contributed by atoms with Crippen molar-refractivity contribution < 1.29 is 23.9 Å². The predicted molar refractivity (Wildman–Crippen MR) is 155 cm³/mol. The van der Waals surface area contributed by atoms with Gasteiger partial charge in [-0.3, -0.25) is 14.4 Å². The van der Waals surface area contributed by atoms with Crippen LogP contribution in [0, 0.1) is 11.7 Å². The van der Waals surface area contributed by atoms with Crippen molar-refractivity contribution >= 4 is 17.7 Å². The van der Waals surface area contributed by atoms with Gasteiger partial charge in [0.15, 0.2) is 0 Å². The average molecular weight is 557 g/mol. The fourth-order valence-corrected chi connectivity index (χ4v) is 5.05. The van der Waals surface area contributed by atoms with Gasteiger partial charge < -0.3 is 26.0 Å². The van der Waals surface area contributed by atoms with Crippen LogP contribution >= 0.6 is 0 Å². The Morgan fingerprint density at radius 2 is 1.57 bits per heavy atom. The van der Waals surface area contributed by atoms with Crippen molar-refractivity contribution in [3.8, 4) is 5.75 Å². The highest BCUT2D eigenvalue weighted by atomic mass is 19.1. The van der Waals surface area contributed by atoms with Crippen molar-refractivity contribution in [3.63, 3.8) is 0 Å². The summed E-state index contributed by atoms with van der Waals surface area (Å²) in [5.41, 5.74) is 7.78. The van der Waals surface area contributed by atoms with Crippen molar-refractivity contribution in [1.29, 1.82) is 0 Å². The number of nitrogens with two attached hydrogens (primary N) is 1. The summed E-state index contributed by atoms with van der Waals surface area (Å²) in [5.74, 6) is -1.77. The van der Waals surface area contributed by atoms with Gasteiger partial charge in [0.25, 0.3) is 0 Å². The van der Waals surface area contributed by atoms with Crippen LogP contribution in [0.25, 0.3) is 0 Å². The highest BCUT2D eigenvalue weighted by Gasteiger charge is 2.38. The third-order valence-electron chi connectivity index (χ3n) is 7.28. The molecule has 3 amide bonds. The van der Waals surface area contributed by atoms with Crippen LogP contribution in [0.5, 0.6) is 5.75 Å². The van der Waals surface area contributed by atoms with Crippen molar-refractivity contribution in [2.75, 3.05) is 20.6 Å². The van der Waals surface area contributed by atoms with Crippen molar-refractivity contribution in [1.82, 2.24) is 15.1 Å². The summed E-state index contributed by atoms with van der Waals surface area (Å²) in [6, 6.07) is 8.67. The number of nitrogens with zero attached hydrogens (tertiary/aromatic N) is 2. The molecule has 0 aliphatic carbocycles. The number of amides is 3. The van der Waals surface area contributed by atoms with Crippen LogP contribution in [0.3, 0.4) is 0 Å². The maximum atomic E-state index is 14.0. The lowest BCUT2D eigenvalue weighted by Gasteiger charge is -2.38. The van der Waals surface area contributed by atoms with E-state index in [-0.39, 0.29) is 47.7 Å². The zero-order valence-corrected chi connectivity index (χ0v) is 25.0. The molecule has 2 rings (SSSR count). The van der Waals surface area contributed by atoms with Crippen LogP contribution in [-0.2, 0) is 32.6 Å². The van der Waals surface area contributed by atoms with Gasteiger partial charge in [0.2, 0.25) is 17.7 Å². The van der Waals surface area contributed by atoms with Gasteiger partial charge in [-0.25, -0.2) is 4.39 Å². The average Bonchev–Trinajstić information content (AvgIpc) is 2.87. The molecule has 2 aromatic carbocycles. The molecule has 2 aromatic rings. The van der Waals surface area contributed by atoms with Gasteiger partial charge in [0, 0.05) is 20.0 Å². The lowest BCUT2D eigenvalue weighted by atomic mass is 9.84. The summed E-state index contributed by atoms with van der Waals surface area (Å²) in [6.07, 6.45) is 0.488. The number of primary amides is 1. The molecule has 220 valence electrons. The maximum absolute atomic E-state index is 14.0. The lowest BCUT2D eigenvalue weighted by Crippen LogP contribution is -2.59. The molecule has 0 saturated carbocycles. The molecule has 3 atom stereocenters. The predicted octanol–water partition coefficient (Wildman–Crippen LogP) is 3.39. The Morgan fingerprint density at radius 3 is 2.05 bits per heavy atom. The fourth-order valence-electron chi connectivity index (χ4n) is 5.05. The number of likely N-dealkylation sites (N-methyl/N-ethyl adjacent to an activating group) is 3. The number of carbonyl (C=O) groups excluding carboxylic acids is 3. The monoisotopic (exact) mass is 556 g/mol. The number of benzene rings is 2. The summed E-state index contributed by atoms with van der Waals surface area (Å²) in [4.78, 5) is 43.1. The number of halogens is 1. The quantitative estimate of drug-likeness (QED) is 0.371. The van der Waals surface area contributed by atoms with E-state index < -0.39 is 24.0 Å². The first-order valence-electron chi connectivity index (χ1n) is 13.7. The highest BCUT2D eigenvalue weighted by Crippen LogP contribution is 2.32. The third-order valence-corrected chi connectivity index (χ3v) is 7.28. The third kappa shape index (κ3) is 8.03. The Labute approximate surface area is 237 Å². The van der Waals surface area contributed by atoms with Crippen LogP contribution < -0.4 is 11.1 Å². The number of hydrogen-bond acceptors (Lipinski definition) is 5. The Balaban J connectivity index is 2.35. The molecule has 0 aliphatic rings. The second kappa shape index (κ2) is 13.7. The summed E-state index contributed by atoms with van der Waals surface area (Å²) in [5, 5.41) is 13.4. The van der Waals surface area contributed by atoms with Crippen LogP contribution in [0.4, 0.5) is 4.39 Å². The Morgan fingerprint density at radius 1 is 1.00 bits per heavy atom. The van der Waals surface area contributed by atoms with Crippen molar-refractivity contribution in [2.24, 2.45) is 11.7 Å². The largest absolute Gasteiger partial charge is 0.508 e. The zero-order valence-electron chi connectivity index (χ0n) is 25.0. The first-order valence-corrected chi connectivity index (χ1v) is 13.7. The molecule has 0 heterocycles. The first-order chi connectivity index (χ1) is 18.6. The van der Waals surface area contributed by atoms with E-state index >= 15 is 0 Å². The van der Waals surface area contributed by atoms with Crippen LogP contribution in [0.2, 0.25) is 0 Å². The van der Waals surface area contributed by atoms with E-state index in [0.717, 1.165) is 16.7 Å². The van der Waals surface area contributed by atoms with Gasteiger partial charge in [-0.2, -0.15) is 0 Å². The summed E-state index contributed by atoms with van der Waals surface area (Å²) >= 11 is 0. The van der Waals surface area contributed by atoms with Crippen LogP contribution in [0.15, 0.2) is 42.5 Å². The molecule has 0 aliphatic heterocycles. The highest BCUT2D eigenvalue weighted by molar-refractivity contribution is 5.93. The fraction of sp³-hybridized carbons (Fsp3) is 0.516. The molecule has 0 spiro atoms. The Bertz CT molecular complexity index is 1180.